The van der Waals surface area contributed by atoms with E-state index in [1.165, 1.54) is 12.1 Å². The number of nitro groups is 1. The normalized spacial score (nSPS) is 10.8. The molecular formula is C18H17Cl2N7O5. The predicted octanol–water partition coefficient (Wildman–Crippen LogP) is 2.31. The molecule has 2 aromatic heterocycles. The molecule has 2 N–H and O–H groups in total. The van der Waals surface area contributed by atoms with Crippen LogP contribution in [0.4, 0.5) is 5.69 Å². The zero-order valence-corrected chi connectivity index (χ0v) is 18.4. The number of nitrogens with one attached hydrogen (secondary N) is 2. The molecule has 0 fully saturated rings. The molecule has 0 spiro atoms. The number of carbonyl (C=O) groups is 2. The van der Waals surface area contributed by atoms with Crippen LogP contribution in [0.15, 0.2) is 22.7 Å². The SMILES string of the molecule is Cc1nn(Cc2noc(C(=O)NCCNC(=O)c3cc([N+](=O)[O-])ccc3Cl)n2)c(C)c1Cl. The van der Waals surface area contributed by atoms with E-state index in [2.05, 4.69) is 25.9 Å². The standard InChI is InChI=1S/C18H17Cl2N7O5/c1-9-15(20)10(2)26(24-9)8-14-23-18(32-25-14)17(29)22-6-5-21-16(28)12-7-11(27(30)31)3-4-13(12)19/h3-4,7H,5-6,8H2,1-2H3,(H,21,28)(H,22,29). The average Bonchev–Trinajstić information content (AvgIpc) is 3.32. The molecule has 1 aromatic carbocycles. The van der Waals surface area contributed by atoms with Crippen molar-refractivity contribution in [3.63, 3.8) is 0 Å². The number of amides is 2. The smallest absolute Gasteiger partial charge is 0.316 e. The summed E-state index contributed by atoms with van der Waals surface area (Å²) in [7, 11) is 0. The maximum Gasteiger partial charge on any atom is 0.316 e. The molecule has 0 unspecified atom stereocenters. The van der Waals surface area contributed by atoms with Gasteiger partial charge in [-0.3, -0.25) is 24.4 Å². The molecule has 0 radical (unpaired) electrons. The Labute approximate surface area is 191 Å². The van der Waals surface area contributed by atoms with Gasteiger partial charge in [0.25, 0.3) is 11.6 Å². The van der Waals surface area contributed by atoms with Crippen LogP contribution in [0, 0.1) is 24.0 Å². The summed E-state index contributed by atoms with van der Waals surface area (Å²) in [5.41, 5.74) is 1.10. The zero-order chi connectivity index (χ0) is 23.4. The Morgan fingerprint density at radius 1 is 1.19 bits per heavy atom. The Kier molecular flexibility index (Phi) is 7.05. The highest BCUT2D eigenvalue weighted by Crippen LogP contribution is 2.22. The summed E-state index contributed by atoms with van der Waals surface area (Å²) in [6, 6.07) is 3.54. The van der Waals surface area contributed by atoms with Crippen LogP contribution in [0.25, 0.3) is 0 Å². The van der Waals surface area contributed by atoms with Gasteiger partial charge in [0.15, 0.2) is 5.82 Å². The van der Waals surface area contributed by atoms with Crippen molar-refractivity contribution in [2.24, 2.45) is 0 Å². The molecule has 0 bridgehead atoms. The van der Waals surface area contributed by atoms with Gasteiger partial charge in [-0.1, -0.05) is 28.4 Å². The molecule has 2 amide bonds. The lowest BCUT2D eigenvalue weighted by atomic mass is 10.2. The minimum Gasteiger partial charge on any atom is -0.350 e. The maximum atomic E-state index is 12.2. The second kappa shape index (κ2) is 9.75. The molecule has 0 saturated carbocycles. The molecule has 2 heterocycles. The maximum absolute atomic E-state index is 12.2. The number of hydrogen-bond donors (Lipinski definition) is 2. The van der Waals surface area contributed by atoms with Gasteiger partial charge in [0.1, 0.15) is 6.54 Å². The van der Waals surface area contributed by atoms with Crippen molar-refractivity contribution >= 4 is 40.7 Å². The Morgan fingerprint density at radius 3 is 2.50 bits per heavy atom. The van der Waals surface area contributed by atoms with Crippen molar-refractivity contribution in [1.82, 2.24) is 30.6 Å². The summed E-state index contributed by atoms with van der Waals surface area (Å²) in [5.74, 6) is -1.25. The summed E-state index contributed by atoms with van der Waals surface area (Å²) in [6.45, 7) is 3.82. The van der Waals surface area contributed by atoms with Gasteiger partial charge in [0, 0.05) is 25.2 Å². The first-order chi connectivity index (χ1) is 15.2. The third-order valence-electron chi connectivity index (χ3n) is 4.35. The zero-order valence-electron chi connectivity index (χ0n) is 16.9. The molecule has 0 atom stereocenters. The third kappa shape index (κ3) is 5.21. The number of aryl methyl sites for hydroxylation is 1. The van der Waals surface area contributed by atoms with Crippen molar-refractivity contribution in [3.05, 3.63) is 67.0 Å². The Bertz CT molecular complexity index is 1190. The number of carbonyl (C=O) groups excluding carboxylic acids is 2. The van der Waals surface area contributed by atoms with Crippen molar-refractivity contribution in [2.45, 2.75) is 20.4 Å². The monoisotopic (exact) mass is 481 g/mol. The van der Waals surface area contributed by atoms with Gasteiger partial charge in [-0.15, -0.1) is 0 Å². The lowest BCUT2D eigenvalue weighted by Gasteiger charge is -2.07. The fourth-order valence-electron chi connectivity index (χ4n) is 2.70. The number of halogens is 2. The summed E-state index contributed by atoms with van der Waals surface area (Å²) in [4.78, 5) is 38.6. The highest BCUT2D eigenvalue weighted by atomic mass is 35.5. The Balaban J connectivity index is 1.50. The van der Waals surface area contributed by atoms with E-state index in [0.29, 0.717) is 10.7 Å². The van der Waals surface area contributed by atoms with Gasteiger partial charge in [0.2, 0.25) is 0 Å². The van der Waals surface area contributed by atoms with Crippen molar-refractivity contribution in [3.8, 4) is 0 Å². The number of nitro benzene ring substituents is 1. The fraction of sp³-hybridized carbons (Fsp3) is 0.278. The Morgan fingerprint density at radius 2 is 1.88 bits per heavy atom. The van der Waals surface area contributed by atoms with Crippen molar-refractivity contribution in [2.75, 3.05) is 13.1 Å². The predicted molar refractivity (Wildman–Crippen MR) is 113 cm³/mol. The summed E-state index contributed by atoms with van der Waals surface area (Å²) in [5, 5.41) is 24.5. The summed E-state index contributed by atoms with van der Waals surface area (Å²) in [6.07, 6.45) is 0. The topological polar surface area (TPSA) is 158 Å². The van der Waals surface area contributed by atoms with Crippen LogP contribution in [0.5, 0.6) is 0 Å². The van der Waals surface area contributed by atoms with E-state index in [-0.39, 0.29) is 47.6 Å². The number of rotatable bonds is 8. The highest BCUT2D eigenvalue weighted by Gasteiger charge is 2.18. The van der Waals surface area contributed by atoms with Crippen LogP contribution < -0.4 is 10.6 Å². The molecule has 32 heavy (non-hydrogen) atoms. The van der Waals surface area contributed by atoms with E-state index in [1.54, 1.807) is 18.5 Å². The number of benzene rings is 1. The lowest BCUT2D eigenvalue weighted by Crippen LogP contribution is -2.35. The van der Waals surface area contributed by atoms with Gasteiger partial charge in [-0.05, 0) is 19.9 Å². The average molecular weight is 482 g/mol. The molecular weight excluding hydrogens is 465 g/mol. The van der Waals surface area contributed by atoms with E-state index < -0.39 is 16.7 Å². The highest BCUT2D eigenvalue weighted by molar-refractivity contribution is 6.34. The molecule has 0 saturated heterocycles. The minimum absolute atomic E-state index is 0.0366. The summed E-state index contributed by atoms with van der Waals surface area (Å²) < 4.78 is 6.55. The van der Waals surface area contributed by atoms with Gasteiger partial charge in [-0.2, -0.15) is 10.1 Å². The van der Waals surface area contributed by atoms with Gasteiger partial charge in [0.05, 0.1) is 31.9 Å². The number of aromatic nitrogens is 4. The number of hydrogen-bond acceptors (Lipinski definition) is 8. The summed E-state index contributed by atoms with van der Waals surface area (Å²) >= 11 is 12.0. The first kappa shape index (κ1) is 23.2. The first-order valence-electron chi connectivity index (χ1n) is 9.19. The van der Waals surface area contributed by atoms with Crippen LogP contribution in [0.1, 0.15) is 38.3 Å². The molecule has 3 aromatic rings. The van der Waals surface area contributed by atoms with Crippen molar-refractivity contribution < 1.29 is 19.0 Å². The van der Waals surface area contributed by atoms with Crippen LogP contribution in [-0.2, 0) is 6.54 Å². The largest absolute Gasteiger partial charge is 0.350 e. The van der Waals surface area contributed by atoms with Crippen LogP contribution >= 0.6 is 23.2 Å². The van der Waals surface area contributed by atoms with E-state index >= 15 is 0 Å². The molecule has 168 valence electrons. The van der Waals surface area contributed by atoms with E-state index in [9.17, 15) is 19.7 Å². The van der Waals surface area contributed by atoms with Gasteiger partial charge in [-0.25, -0.2) is 0 Å². The lowest BCUT2D eigenvalue weighted by molar-refractivity contribution is -0.384. The molecule has 12 nitrogen and oxygen atoms in total. The minimum atomic E-state index is -0.630. The quantitative estimate of drug-likeness (QED) is 0.281. The number of non-ortho nitro benzene ring substituents is 1. The third-order valence-corrected chi connectivity index (χ3v) is 5.22. The first-order valence-corrected chi connectivity index (χ1v) is 9.95. The van der Waals surface area contributed by atoms with E-state index in [1.807, 2.05) is 0 Å². The van der Waals surface area contributed by atoms with Gasteiger partial charge >= 0.3 is 11.8 Å². The molecule has 3 rings (SSSR count). The Hall–Kier alpha value is -3.51. The van der Waals surface area contributed by atoms with Crippen LogP contribution in [0.2, 0.25) is 10.0 Å². The molecule has 0 aliphatic rings. The van der Waals surface area contributed by atoms with Crippen LogP contribution in [-0.4, -0.2) is 49.7 Å². The second-order valence-electron chi connectivity index (χ2n) is 6.59. The number of nitrogens with zero attached hydrogens (tertiary/aromatic N) is 5. The molecule has 0 aliphatic carbocycles. The van der Waals surface area contributed by atoms with E-state index in [0.717, 1.165) is 11.8 Å². The fourth-order valence-corrected chi connectivity index (χ4v) is 3.04. The van der Waals surface area contributed by atoms with Crippen molar-refractivity contribution in [1.29, 1.82) is 0 Å². The molecule has 14 heteroatoms. The second-order valence-corrected chi connectivity index (χ2v) is 7.38. The van der Waals surface area contributed by atoms with E-state index in [4.69, 9.17) is 27.7 Å². The van der Waals surface area contributed by atoms with Gasteiger partial charge < -0.3 is 15.2 Å². The van der Waals surface area contributed by atoms with Crippen LogP contribution in [0.3, 0.4) is 0 Å². The molecule has 0 aliphatic heterocycles.